The molecule has 5 nitrogen and oxygen atoms in total. The number of nitrogens with zero attached hydrogens (tertiary/aromatic N) is 2. The van der Waals surface area contributed by atoms with Gasteiger partial charge in [-0.25, -0.2) is 4.98 Å². The highest BCUT2D eigenvalue weighted by Gasteiger charge is 2.18. The lowest BCUT2D eigenvalue weighted by molar-refractivity contribution is -0.122. The number of anilines is 2. The number of hydrogen-bond acceptors (Lipinski definition) is 4. The Morgan fingerprint density at radius 3 is 3.07 bits per heavy atom. The lowest BCUT2D eigenvalue weighted by Gasteiger charge is -2.19. The molecule has 1 amide bonds. The predicted octanol–water partition coefficient (Wildman–Crippen LogP) is 0.417. The first-order chi connectivity index (χ1) is 7.27. The van der Waals surface area contributed by atoms with Crippen LogP contribution >= 0.6 is 0 Å². The molecule has 1 aliphatic rings. The zero-order valence-corrected chi connectivity index (χ0v) is 8.35. The maximum atomic E-state index is 11.6. The van der Waals surface area contributed by atoms with Crippen molar-refractivity contribution in [3.8, 4) is 0 Å². The second-order valence-corrected chi connectivity index (χ2v) is 3.39. The number of amides is 1. The van der Waals surface area contributed by atoms with Crippen LogP contribution in [0.25, 0.3) is 0 Å². The van der Waals surface area contributed by atoms with Gasteiger partial charge in [0.15, 0.2) is 0 Å². The van der Waals surface area contributed by atoms with Crippen LogP contribution in [0.15, 0.2) is 18.3 Å². The summed E-state index contributed by atoms with van der Waals surface area (Å²) in [7, 11) is 0. The lowest BCUT2D eigenvalue weighted by Crippen LogP contribution is -2.32. The standard InChI is InChI=1S/C10H13N3O2/c11-9-3-2-8(6-12-9)13-4-1-5-15-7-10(13)14/h2-3,6H,1,4-5,7H2,(H2,11,12). The number of pyridine rings is 1. The summed E-state index contributed by atoms with van der Waals surface area (Å²) in [5.74, 6) is 0.427. The molecule has 0 radical (unpaired) electrons. The van der Waals surface area contributed by atoms with Crippen LogP contribution < -0.4 is 10.6 Å². The summed E-state index contributed by atoms with van der Waals surface area (Å²) in [6.45, 7) is 1.44. The third kappa shape index (κ3) is 2.24. The fourth-order valence-corrected chi connectivity index (χ4v) is 1.52. The highest BCUT2D eigenvalue weighted by atomic mass is 16.5. The fraction of sp³-hybridized carbons (Fsp3) is 0.400. The Kier molecular flexibility index (Phi) is 2.82. The number of carbonyl (C=O) groups is 1. The van der Waals surface area contributed by atoms with Gasteiger partial charge in [-0.3, -0.25) is 4.79 Å². The average Bonchev–Trinajstić information content (AvgIpc) is 2.44. The van der Waals surface area contributed by atoms with Gasteiger partial charge in [0.25, 0.3) is 5.91 Å². The highest BCUT2D eigenvalue weighted by molar-refractivity contribution is 5.94. The minimum atomic E-state index is -0.0286. The van der Waals surface area contributed by atoms with Crippen LogP contribution in [0.1, 0.15) is 6.42 Å². The molecule has 5 heteroatoms. The topological polar surface area (TPSA) is 68.4 Å². The molecule has 15 heavy (non-hydrogen) atoms. The summed E-state index contributed by atoms with van der Waals surface area (Å²) in [4.78, 5) is 17.3. The van der Waals surface area contributed by atoms with Gasteiger partial charge in [0.05, 0.1) is 11.9 Å². The van der Waals surface area contributed by atoms with Crippen molar-refractivity contribution in [3.05, 3.63) is 18.3 Å². The minimum Gasteiger partial charge on any atom is -0.384 e. The number of nitrogen functional groups attached to an aromatic ring is 1. The van der Waals surface area contributed by atoms with Crippen molar-refractivity contribution in [2.45, 2.75) is 6.42 Å². The Labute approximate surface area is 87.8 Å². The van der Waals surface area contributed by atoms with Gasteiger partial charge in [-0.05, 0) is 18.6 Å². The largest absolute Gasteiger partial charge is 0.384 e. The van der Waals surface area contributed by atoms with E-state index in [-0.39, 0.29) is 12.5 Å². The fourth-order valence-electron chi connectivity index (χ4n) is 1.52. The van der Waals surface area contributed by atoms with Crippen molar-refractivity contribution in [1.29, 1.82) is 0 Å². The van der Waals surface area contributed by atoms with Gasteiger partial charge < -0.3 is 15.4 Å². The maximum absolute atomic E-state index is 11.6. The predicted molar refractivity (Wildman–Crippen MR) is 56.4 cm³/mol. The number of ether oxygens (including phenoxy) is 1. The molecule has 1 fully saturated rings. The molecule has 0 bridgehead atoms. The molecule has 1 aromatic rings. The summed E-state index contributed by atoms with van der Waals surface area (Å²) in [6, 6.07) is 3.49. The Hall–Kier alpha value is -1.62. The number of nitrogens with two attached hydrogens (primary N) is 1. The van der Waals surface area contributed by atoms with Crippen molar-refractivity contribution in [3.63, 3.8) is 0 Å². The molecule has 2 rings (SSSR count). The molecule has 0 spiro atoms. The van der Waals surface area contributed by atoms with E-state index in [0.29, 0.717) is 19.0 Å². The van der Waals surface area contributed by atoms with E-state index in [1.165, 1.54) is 0 Å². The number of aromatic nitrogens is 1. The van der Waals surface area contributed by atoms with Crippen LogP contribution in [-0.4, -0.2) is 30.6 Å². The van der Waals surface area contributed by atoms with E-state index >= 15 is 0 Å². The molecular weight excluding hydrogens is 194 g/mol. The first-order valence-corrected chi connectivity index (χ1v) is 4.87. The van der Waals surface area contributed by atoms with Crippen LogP contribution in [-0.2, 0) is 9.53 Å². The van der Waals surface area contributed by atoms with Gasteiger partial charge in [-0.15, -0.1) is 0 Å². The number of hydrogen-bond donors (Lipinski definition) is 1. The van der Waals surface area contributed by atoms with Gasteiger partial charge in [0.1, 0.15) is 12.4 Å². The Morgan fingerprint density at radius 1 is 1.47 bits per heavy atom. The third-order valence-corrected chi connectivity index (χ3v) is 2.28. The Balaban J connectivity index is 2.20. The lowest BCUT2D eigenvalue weighted by atomic mass is 10.3. The molecule has 0 unspecified atom stereocenters. The molecule has 0 atom stereocenters. The van der Waals surface area contributed by atoms with E-state index in [1.54, 1.807) is 23.2 Å². The van der Waals surface area contributed by atoms with Crippen molar-refractivity contribution < 1.29 is 9.53 Å². The number of carbonyl (C=O) groups excluding carboxylic acids is 1. The molecule has 2 heterocycles. The summed E-state index contributed by atoms with van der Waals surface area (Å²) in [5.41, 5.74) is 6.26. The van der Waals surface area contributed by atoms with Crippen LogP contribution in [0.2, 0.25) is 0 Å². The molecule has 80 valence electrons. The summed E-state index contributed by atoms with van der Waals surface area (Å²) in [6.07, 6.45) is 2.45. The smallest absolute Gasteiger partial charge is 0.253 e. The van der Waals surface area contributed by atoms with Crippen LogP contribution in [0.3, 0.4) is 0 Å². The summed E-state index contributed by atoms with van der Waals surface area (Å²) in [5, 5.41) is 0. The second-order valence-electron chi connectivity index (χ2n) is 3.39. The number of rotatable bonds is 1. The quantitative estimate of drug-likeness (QED) is 0.724. The van der Waals surface area contributed by atoms with Gasteiger partial charge in [0, 0.05) is 13.2 Å². The van der Waals surface area contributed by atoms with Crippen LogP contribution in [0.4, 0.5) is 11.5 Å². The van der Waals surface area contributed by atoms with E-state index in [1.807, 2.05) is 0 Å². The SMILES string of the molecule is Nc1ccc(N2CCCOCC2=O)cn1. The molecule has 1 aliphatic heterocycles. The van der Waals surface area contributed by atoms with Crippen molar-refractivity contribution in [2.75, 3.05) is 30.4 Å². The maximum Gasteiger partial charge on any atom is 0.253 e. The molecule has 1 aromatic heterocycles. The van der Waals surface area contributed by atoms with E-state index < -0.39 is 0 Å². The van der Waals surface area contributed by atoms with Crippen molar-refractivity contribution >= 4 is 17.4 Å². The van der Waals surface area contributed by atoms with Gasteiger partial charge in [-0.2, -0.15) is 0 Å². The normalized spacial score (nSPS) is 17.6. The highest BCUT2D eigenvalue weighted by Crippen LogP contribution is 2.16. The summed E-state index contributed by atoms with van der Waals surface area (Å²) >= 11 is 0. The van der Waals surface area contributed by atoms with Gasteiger partial charge >= 0.3 is 0 Å². The third-order valence-electron chi connectivity index (χ3n) is 2.28. The first kappa shape index (κ1) is 9.92. The monoisotopic (exact) mass is 207 g/mol. The van der Waals surface area contributed by atoms with E-state index in [9.17, 15) is 4.79 Å². The van der Waals surface area contributed by atoms with Gasteiger partial charge in [-0.1, -0.05) is 0 Å². The Bertz CT molecular complexity index is 350. The Morgan fingerprint density at radius 2 is 2.33 bits per heavy atom. The van der Waals surface area contributed by atoms with Crippen LogP contribution in [0, 0.1) is 0 Å². The second kappa shape index (κ2) is 4.27. The molecular formula is C10H13N3O2. The van der Waals surface area contributed by atoms with Crippen molar-refractivity contribution in [2.24, 2.45) is 0 Å². The van der Waals surface area contributed by atoms with E-state index in [0.717, 1.165) is 12.1 Å². The van der Waals surface area contributed by atoms with E-state index in [2.05, 4.69) is 4.98 Å². The molecule has 1 saturated heterocycles. The van der Waals surface area contributed by atoms with Crippen LogP contribution in [0.5, 0.6) is 0 Å². The van der Waals surface area contributed by atoms with Crippen molar-refractivity contribution in [1.82, 2.24) is 4.98 Å². The average molecular weight is 207 g/mol. The van der Waals surface area contributed by atoms with E-state index in [4.69, 9.17) is 10.5 Å². The molecule has 0 saturated carbocycles. The van der Waals surface area contributed by atoms with Gasteiger partial charge in [0.2, 0.25) is 0 Å². The summed E-state index contributed by atoms with van der Waals surface area (Å²) < 4.78 is 5.15. The molecule has 2 N–H and O–H groups in total. The zero-order chi connectivity index (χ0) is 10.7. The molecule has 0 aliphatic carbocycles. The molecule has 0 aromatic carbocycles. The zero-order valence-electron chi connectivity index (χ0n) is 8.35. The first-order valence-electron chi connectivity index (χ1n) is 4.87. The minimum absolute atomic E-state index is 0.0286.